The number of pyridine rings is 1. The fourth-order valence-electron chi connectivity index (χ4n) is 1.99. The van der Waals surface area contributed by atoms with Crippen molar-refractivity contribution in [2.45, 2.75) is 19.8 Å². The number of rotatable bonds is 2. The lowest BCUT2D eigenvalue weighted by molar-refractivity contribution is 0.0519. The molecule has 0 saturated heterocycles. The van der Waals surface area contributed by atoms with Crippen molar-refractivity contribution in [2.24, 2.45) is 0 Å². The minimum absolute atomic E-state index is 0.123. The van der Waals surface area contributed by atoms with E-state index in [4.69, 9.17) is 10.5 Å². The Bertz CT molecular complexity index is 531. The Morgan fingerprint density at radius 1 is 1.59 bits per heavy atom. The number of fused-ring (bicyclic) bond motifs is 1. The van der Waals surface area contributed by atoms with Gasteiger partial charge in [0.15, 0.2) is 5.69 Å². The summed E-state index contributed by atoms with van der Waals surface area (Å²) in [5, 5.41) is 0. The number of carbonyl (C=O) groups is 1. The van der Waals surface area contributed by atoms with Crippen LogP contribution in [0, 0.1) is 0 Å². The molecule has 17 heavy (non-hydrogen) atoms. The van der Waals surface area contributed by atoms with Crippen LogP contribution in [-0.4, -0.2) is 23.5 Å². The maximum absolute atomic E-state index is 11.7. The first-order chi connectivity index (χ1) is 8.17. The molecular weight excluding hydrogens is 220 g/mol. The third-order valence-corrected chi connectivity index (χ3v) is 2.66. The molecule has 0 amide bonds. The second-order valence-electron chi connectivity index (χ2n) is 3.73. The van der Waals surface area contributed by atoms with E-state index in [9.17, 15) is 9.59 Å². The van der Waals surface area contributed by atoms with Gasteiger partial charge in [-0.1, -0.05) is 0 Å². The number of anilines is 1. The van der Waals surface area contributed by atoms with Gasteiger partial charge in [-0.25, -0.2) is 14.6 Å². The third-order valence-electron chi connectivity index (χ3n) is 2.66. The molecule has 0 radical (unpaired) electrons. The smallest absolute Gasteiger partial charge is 0.357 e. The van der Waals surface area contributed by atoms with E-state index in [1.807, 2.05) is 5.94 Å². The summed E-state index contributed by atoms with van der Waals surface area (Å²) in [6.07, 6.45) is 1.25. The first kappa shape index (κ1) is 11.4. The number of hydrogen-bond donors (Lipinski definition) is 1. The van der Waals surface area contributed by atoms with E-state index < -0.39 is 5.97 Å². The lowest BCUT2D eigenvalue weighted by Crippen LogP contribution is -2.12. The Labute approximate surface area is 98.3 Å². The van der Waals surface area contributed by atoms with Crippen LogP contribution in [-0.2, 0) is 16.0 Å². The molecule has 0 aliphatic heterocycles. The van der Waals surface area contributed by atoms with Crippen LogP contribution in [0.25, 0.3) is 5.57 Å². The summed E-state index contributed by atoms with van der Waals surface area (Å²) in [7, 11) is 0. The third kappa shape index (κ3) is 1.92. The van der Waals surface area contributed by atoms with Gasteiger partial charge in [0, 0.05) is 11.1 Å². The molecule has 1 aliphatic rings. The highest BCUT2D eigenvalue weighted by atomic mass is 16.5. The highest BCUT2D eigenvalue weighted by Gasteiger charge is 2.26. The summed E-state index contributed by atoms with van der Waals surface area (Å²) in [4.78, 5) is 26.5. The Balaban J connectivity index is 2.59. The molecule has 5 heteroatoms. The second-order valence-corrected chi connectivity index (χ2v) is 3.73. The summed E-state index contributed by atoms with van der Waals surface area (Å²) in [6.45, 7) is 1.96. The van der Waals surface area contributed by atoms with Crippen LogP contribution in [0.2, 0.25) is 0 Å². The average Bonchev–Trinajstić information content (AvgIpc) is 2.70. The summed E-state index contributed by atoms with van der Waals surface area (Å²) >= 11 is 0. The molecule has 0 atom stereocenters. The Hall–Kier alpha value is -2.13. The van der Waals surface area contributed by atoms with Crippen molar-refractivity contribution in [1.82, 2.24) is 4.98 Å². The van der Waals surface area contributed by atoms with Gasteiger partial charge in [0.05, 0.1) is 6.61 Å². The van der Waals surface area contributed by atoms with Crippen LogP contribution in [0.3, 0.4) is 0 Å². The predicted molar refractivity (Wildman–Crippen MR) is 62.0 cm³/mol. The average molecular weight is 232 g/mol. The minimum atomic E-state index is -0.550. The Morgan fingerprint density at radius 2 is 2.35 bits per heavy atom. The minimum Gasteiger partial charge on any atom is -0.461 e. The van der Waals surface area contributed by atoms with Gasteiger partial charge in [-0.05, 0) is 31.4 Å². The molecule has 1 heterocycles. The molecule has 0 saturated carbocycles. The van der Waals surface area contributed by atoms with Crippen LogP contribution < -0.4 is 5.73 Å². The predicted octanol–water partition coefficient (Wildman–Crippen LogP) is 1.00. The normalized spacial score (nSPS) is 13.1. The maximum Gasteiger partial charge on any atom is 0.357 e. The van der Waals surface area contributed by atoms with Crippen LogP contribution in [0.15, 0.2) is 6.07 Å². The van der Waals surface area contributed by atoms with Crippen molar-refractivity contribution >= 4 is 23.3 Å². The standard InChI is InChI=1S/C12H12N2O3/c1-2-17-12(16)11-10-7(5-9(13)14-11)3-4-8(10)6-15/h5H,2-4H2,1H3,(H2,13,14). The highest BCUT2D eigenvalue weighted by molar-refractivity contribution is 6.01. The van der Waals surface area contributed by atoms with Crippen LogP contribution in [0.5, 0.6) is 0 Å². The van der Waals surface area contributed by atoms with E-state index in [1.54, 1.807) is 13.0 Å². The molecule has 0 fully saturated rings. The topological polar surface area (TPSA) is 82.3 Å². The zero-order chi connectivity index (χ0) is 12.4. The number of allylic oxidation sites excluding steroid dienone is 1. The van der Waals surface area contributed by atoms with Gasteiger partial charge in [-0.3, -0.25) is 0 Å². The van der Waals surface area contributed by atoms with Gasteiger partial charge in [0.1, 0.15) is 11.8 Å². The van der Waals surface area contributed by atoms with Crippen molar-refractivity contribution < 1.29 is 14.3 Å². The molecule has 0 aromatic carbocycles. The van der Waals surface area contributed by atoms with Crippen molar-refractivity contribution in [1.29, 1.82) is 0 Å². The maximum atomic E-state index is 11.7. The summed E-state index contributed by atoms with van der Waals surface area (Å²) in [5.74, 6) is 1.57. The summed E-state index contributed by atoms with van der Waals surface area (Å²) < 4.78 is 4.90. The van der Waals surface area contributed by atoms with Gasteiger partial charge in [-0.15, -0.1) is 0 Å². The number of ether oxygens (including phenoxy) is 1. The van der Waals surface area contributed by atoms with Crippen LogP contribution >= 0.6 is 0 Å². The fraction of sp³-hybridized carbons (Fsp3) is 0.333. The zero-order valence-electron chi connectivity index (χ0n) is 9.45. The van der Waals surface area contributed by atoms with Gasteiger partial charge >= 0.3 is 5.97 Å². The summed E-state index contributed by atoms with van der Waals surface area (Å²) in [6, 6.07) is 1.68. The van der Waals surface area contributed by atoms with Gasteiger partial charge < -0.3 is 10.5 Å². The van der Waals surface area contributed by atoms with Crippen LogP contribution in [0.1, 0.15) is 35.0 Å². The number of carbonyl (C=O) groups excluding carboxylic acids is 2. The number of aryl methyl sites for hydroxylation is 1. The van der Waals surface area contributed by atoms with E-state index >= 15 is 0 Å². The number of hydrogen-bond acceptors (Lipinski definition) is 5. The summed E-state index contributed by atoms with van der Waals surface area (Å²) in [5.41, 5.74) is 7.63. The zero-order valence-corrected chi connectivity index (χ0v) is 9.45. The van der Waals surface area contributed by atoms with E-state index in [1.165, 1.54) is 0 Å². The van der Waals surface area contributed by atoms with Crippen LogP contribution in [0.4, 0.5) is 5.82 Å². The lowest BCUT2D eigenvalue weighted by Gasteiger charge is -2.07. The van der Waals surface area contributed by atoms with Gasteiger partial charge in [-0.2, -0.15) is 0 Å². The number of nitrogen functional groups attached to an aromatic ring is 1. The molecule has 0 unspecified atom stereocenters. The van der Waals surface area contributed by atoms with E-state index in [-0.39, 0.29) is 18.1 Å². The molecule has 0 spiro atoms. The monoisotopic (exact) mass is 232 g/mol. The molecule has 0 bridgehead atoms. The molecule has 2 rings (SSSR count). The molecule has 1 aromatic heterocycles. The number of nitrogens with two attached hydrogens (primary N) is 1. The fourth-order valence-corrected chi connectivity index (χ4v) is 1.99. The number of nitrogens with zero attached hydrogens (tertiary/aromatic N) is 1. The molecule has 88 valence electrons. The number of esters is 1. The molecule has 1 aromatic rings. The molecular formula is C12H12N2O3. The SMILES string of the molecule is CCOC(=O)c1nc(N)cc2c1C(=C=O)CC2. The molecule has 5 nitrogen and oxygen atoms in total. The first-order valence-electron chi connectivity index (χ1n) is 5.38. The first-order valence-corrected chi connectivity index (χ1v) is 5.38. The van der Waals surface area contributed by atoms with E-state index in [0.29, 0.717) is 24.0 Å². The van der Waals surface area contributed by atoms with Gasteiger partial charge in [0.25, 0.3) is 0 Å². The highest BCUT2D eigenvalue weighted by Crippen LogP contribution is 2.33. The molecule has 1 aliphatic carbocycles. The largest absolute Gasteiger partial charge is 0.461 e. The quantitative estimate of drug-likeness (QED) is 0.607. The molecule has 2 N–H and O–H groups in total. The van der Waals surface area contributed by atoms with E-state index in [2.05, 4.69) is 4.98 Å². The Kier molecular flexibility index (Phi) is 2.93. The van der Waals surface area contributed by atoms with Crippen molar-refractivity contribution in [2.75, 3.05) is 12.3 Å². The lowest BCUT2D eigenvalue weighted by atomic mass is 10.1. The van der Waals surface area contributed by atoms with Crippen molar-refractivity contribution in [3.05, 3.63) is 22.9 Å². The van der Waals surface area contributed by atoms with Gasteiger partial charge in [0.2, 0.25) is 0 Å². The van der Waals surface area contributed by atoms with Crippen molar-refractivity contribution in [3.8, 4) is 0 Å². The Morgan fingerprint density at radius 3 is 3.00 bits per heavy atom. The second kappa shape index (κ2) is 4.39. The number of aromatic nitrogens is 1. The van der Waals surface area contributed by atoms with Crippen molar-refractivity contribution in [3.63, 3.8) is 0 Å². The van der Waals surface area contributed by atoms with E-state index in [0.717, 1.165) is 5.56 Å².